The quantitative estimate of drug-likeness (QED) is 0.677. The van der Waals surface area contributed by atoms with Gasteiger partial charge in [-0.15, -0.1) is 0 Å². The van der Waals surface area contributed by atoms with Crippen LogP contribution in [0.2, 0.25) is 0 Å². The van der Waals surface area contributed by atoms with Gasteiger partial charge in [0.2, 0.25) is 11.9 Å². The number of benzene rings is 1. The molecule has 1 fully saturated rings. The van der Waals surface area contributed by atoms with Gasteiger partial charge in [-0.2, -0.15) is 10.1 Å². The molecule has 130 valence electrons. The Morgan fingerprint density at radius 1 is 1.48 bits per heavy atom. The van der Waals surface area contributed by atoms with Crippen molar-refractivity contribution >= 4 is 22.8 Å². The lowest BCUT2D eigenvalue weighted by Gasteiger charge is -2.03. The predicted octanol–water partition coefficient (Wildman–Crippen LogP) is 2.04. The van der Waals surface area contributed by atoms with Gasteiger partial charge in [0.15, 0.2) is 5.82 Å². The average molecular weight is 342 g/mol. The number of hydrogen-bond donors (Lipinski definition) is 3. The van der Waals surface area contributed by atoms with E-state index in [1.807, 2.05) is 0 Å². The van der Waals surface area contributed by atoms with Gasteiger partial charge in [0.1, 0.15) is 5.82 Å². The molecule has 25 heavy (non-hydrogen) atoms. The van der Waals surface area contributed by atoms with E-state index in [2.05, 4.69) is 25.7 Å². The molecule has 4 rings (SSSR count). The Labute approximate surface area is 143 Å². The van der Waals surface area contributed by atoms with Crippen molar-refractivity contribution in [3.63, 3.8) is 0 Å². The van der Waals surface area contributed by atoms with E-state index in [1.54, 1.807) is 24.0 Å². The highest BCUT2D eigenvalue weighted by Crippen LogP contribution is 2.22. The zero-order valence-corrected chi connectivity index (χ0v) is 13.8. The smallest absolute Gasteiger partial charge is 0.231 e. The maximum absolute atomic E-state index is 13.2. The molecule has 2 aromatic heterocycles. The van der Waals surface area contributed by atoms with Crippen LogP contribution in [0.3, 0.4) is 0 Å². The molecule has 3 aromatic rings. The van der Waals surface area contributed by atoms with Gasteiger partial charge < -0.3 is 10.3 Å². The molecule has 8 heteroatoms. The van der Waals surface area contributed by atoms with Crippen molar-refractivity contribution in [2.75, 3.05) is 11.9 Å². The second kappa shape index (κ2) is 6.29. The van der Waals surface area contributed by atoms with Crippen molar-refractivity contribution in [3.8, 4) is 0 Å². The van der Waals surface area contributed by atoms with Gasteiger partial charge in [0, 0.05) is 24.1 Å². The molecule has 0 saturated carbocycles. The summed E-state index contributed by atoms with van der Waals surface area (Å²) in [4.78, 5) is 19.8. The lowest BCUT2D eigenvalue weighted by Crippen LogP contribution is -2.17. The van der Waals surface area contributed by atoms with Crippen LogP contribution >= 0.6 is 0 Å². The average Bonchev–Trinajstić information content (AvgIpc) is 3.29. The van der Waals surface area contributed by atoms with Gasteiger partial charge in [-0.3, -0.25) is 10.1 Å². The van der Waals surface area contributed by atoms with E-state index in [-0.39, 0.29) is 24.2 Å². The Bertz CT molecular complexity index is 925. The lowest BCUT2D eigenvalue weighted by atomic mass is 10.1. The van der Waals surface area contributed by atoms with E-state index in [1.165, 1.54) is 12.1 Å². The van der Waals surface area contributed by atoms with Crippen LogP contribution in [0.4, 0.5) is 10.3 Å². The molecule has 1 saturated heterocycles. The fourth-order valence-electron chi connectivity index (χ4n) is 3.21. The molecule has 0 bridgehead atoms. The number of aromatic nitrogens is 4. The summed E-state index contributed by atoms with van der Waals surface area (Å²) in [7, 11) is 1.76. The summed E-state index contributed by atoms with van der Waals surface area (Å²) >= 11 is 0. The second-order valence-corrected chi connectivity index (χ2v) is 6.29. The molecule has 1 aliphatic rings. The number of fused-ring (bicyclic) bond motifs is 1. The Kier molecular flexibility index (Phi) is 3.96. The summed E-state index contributed by atoms with van der Waals surface area (Å²) < 4.78 is 14.8. The lowest BCUT2D eigenvalue weighted by molar-refractivity contribution is -0.115. The van der Waals surface area contributed by atoms with E-state index in [9.17, 15) is 9.18 Å². The molecule has 0 aliphatic carbocycles. The van der Waals surface area contributed by atoms with Crippen LogP contribution in [0.15, 0.2) is 24.4 Å². The maximum Gasteiger partial charge on any atom is 0.231 e. The third-order valence-corrected chi connectivity index (χ3v) is 4.48. The SMILES string of the molecule is Cn1nc([C@H]2CCCN2)nc1NC(=O)Cc1c[nH]c2cc(F)ccc12. The summed E-state index contributed by atoms with van der Waals surface area (Å²) in [5.41, 5.74) is 1.49. The minimum Gasteiger partial charge on any atom is -0.361 e. The number of nitrogens with one attached hydrogen (secondary N) is 3. The van der Waals surface area contributed by atoms with Gasteiger partial charge in [-0.1, -0.05) is 0 Å². The summed E-state index contributed by atoms with van der Waals surface area (Å²) in [5.74, 6) is 0.640. The van der Waals surface area contributed by atoms with E-state index >= 15 is 0 Å². The highest BCUT2D eigenvalue weighted by atomic mass is 19.1. The minimum atomic E-state index is -0.308. The Morgan fingerprint density at radius 2 is 2.36 bits per heavy atom. The third kappa shape index (κ3) is 3.12. The molecule has 0 unspecified atom stereocenters. The first-order chi connectivity index (χ1) is 12.1. The number of H-pyrrole nitrogens is 1. The molecule has 3 heterocycles. The van der Waals surface area contributed by atoms with Crippen molar-refractivity contribution in [2.45, 2.75) is 25.3 Å². The van der Waals surface area contributed by atoms with Crippen molar-refractivity contribution in [3.05, 3.63) is 41.6 Å². The molecule has 3 N–H and O–H groups in total. The van der Waals surface area contributed by atoms with E-state index in [0.717, 1.165) is 30.3 Å². The van der Waals surface area contributed by atoms with E-state index in [0.29, 0.717) is 17.3 Å². The predicted molar refractivity (Wildman–Crippen MR) is 91.6 cm³/mol. The van der Waals surface area contributed by atoms with Crippen molar-refractivity contribution in [2.24, 2.45) is 7.05 Å². The molecular weight excluding hydrogens is 323 g/mol. The molecule has 0 spiro atoms. The second-order valence-electron chi connectivity index (χ2n) is 6.29. The molecule has 7 nitrogen and oxygen atoms in total. The zero-order chi connectivity index (χ0) is 17.4. The van der Waals surface area contributed by atoms with Crippen LogP contribution in [0.5, 0.6) is 0 Å². The van der Waals surface area contributed by atoms with Crippen LogP contribution in [0.1, 0.15) is 30.3 Å². The number of aryl methyl sites for hydroxylation is 1. The summed E-state index contributed by atoms with van der Waals surface area (Å²) in [6.45, 7) is 0.964. The van der Waals surface area contributed by atoms with Crippen LogP contribution < -0.4 is 10.6 Å². The fourth-order valence-corrected chi connectivity index (χ4v) is 3.21. The van der Waals surface area contributed by atoms with Gasteiger partial charge in [-0.05, 0) is 43.1 Å². The number of carbonyl (C=O) groups excluding carboxylic acids is 1. The monoisotopic (exact) mass is 342 g/mol. The molecule has 1 amide bonds. The van der Waals surface area contributed by atoms with Gasteiger partial charge in [0.05, 0.1) is 12.5 Å². The number of amides is 1. The number of aromatic amines is 1. The first-order valence-electron chi connectivity index (χ1n) is 8.30. The number of rotatable bonds is 4. The number of hydrogen-bond acceptors (Lipinski definition) is 4. The van der Waals surface area contributed by atoms with Gasteiger partial charge in [-0.25, -0.2) is 9.07 Å². The zero-order valence-electron chi connectivity index (χ0n) is 13.8. The maximum atomic E-state index is 13.2. The molecule has 0 radical (unpaired) electrons. The summed E-state index contributed by atoms with van der Waals surface area (Å²) in [6.07, 6.45) is 4.01. The first-order valence-corrected chi connectivity index (χ1v) is 8.30. The summed E-state index contributed by atoms with van der Waals surface area (Å²) in [5, 5.41) is 11.4. The van der Waals surface area contributed by atoms with Gasteiger partial charge >= 0.3 is 0 Å². The Morgan fingerprint density at radius 3 is 3.16 bits per heavy atom. The van der Waals surface area contributed by atoms with Crippen LogP contribution in [-0.2, 0) is 18.3 Å². The number of anilines is 1. The standard InChI is InChI=1S/C17H19FN6O/c1-24-17(22-16(23-24)13-3-2-6-19-13)21-15(25)7-10-9-20-14-8-11(18)4-5-12(10)14/h4-5,8-9,13,19-20H,2-3,6-7H2,1H3,(H,21,22,23,25)/t13-/m1/s1. The highest BCUT2D eigenvalue weighted by molar-refractivity contribution is 5.94. The van der Waals surface area contributed by atoms with Crippen LogP contribution in [-0.4, -0.2) is 32.2 Å². The molecule has 1 atom stereocenters. The van der Waals surface area contributed by atoms with Crippen molar-refractivity contribution < 1.29 is 9.18 Å². The van der Waals surface area contributed by atoms with E-state index < -0.39 is 0 Å². The Hall–Kier alpha value is -2.74. The Balaban J connectivity index is 1.48. The normalized spacial score (nSPS) is 17.3. The van der Waals surface area contributed by atoms with E-state index in [4.69, 9.17) is 0 Å². The van der Waals surface area contributed by atoms with Gasteiger partial charge in [0.25, 0.3) is 0 Å². The highest BCUT2D eigenvalue weighted by Gasteiger charge is 2.22. The third-order valence-electron chi connectivity index (χ3n) is 4.48. The molecule has 1 aromatic carbocycles. The number of nitrogens with zero attached hydrogens (tertiary/aromatic N) is 3. The topological polar surface area (TPSA) is 87.6 Å². The molecular formula is C17H19FN6O. The number of halogens is 1. The van der Waals surface area contributed by atoms with Crippen molar-refractivity contribution in [1.29, 1.82) is 0 Å². The van der Waals surface area contributed by atoms with Crippen LogP contribution in [0, 0.1) is 5.82 Å². The minimum absolute atomic E-state index is 0.153. The fraction of sp³-hybridized carbons (Fsp3) is 0.353. The van der Waals surface area contributed by atoms with Crippen molar-refractivity contribution in [1.82, 2.24) is 25.1 Å². The summed E-state index contributed by atoms with van der Waals surface area (Å²) in [6, 6.07) is 4.64. The first kappa shape index (κ1) is 15.8. The molecule has 1 aliphatic heterocycles. The largest absolute Gasteiger partial charge is 0.361 e. The van der Waals surface area contributed by atoms with Crippen LogP contribution in [0.25, 0.3) is 10.9 Å². The number of carbonyl (C=O) groups is 1.